The summed E-state index contributed by atoms with van der Waals surface area (Å²) >= 11 is 1.61. The smallest absolute Gasteiger partial charge is 0.248 e. The summed E-state index contributed by atoms with van der Waals surface area (Å²) in [6, 6.07) is 3.33. The molecule has 0 radical (unpaired) electrons. The summed E-state index contributed by atoms with van der Waals surface area (Å²) in [6.07, 6.45) is 0. The molecule has 0 aromatic carbocycles. The number of aryl methyl sites for hydroxylation is 2. The number of nitrogens with zero attached hydrogens (tertiary/aromatic N) is 1. The Morgan fingerprint density at radius 2 is 2.14 bits per heavy atom. The van der Waals surface area contributed by atoms with Gasteiger partial charge in [0, 0.05) is 22.7 Å². The van der Waals surface area contributed by atoms with Crippen LogP contribution in [0.4, 0.5) is 0 Å². The van der Waals surface area contributed by atoms with Gasteiger partial charge in [-0.15, -0.1) is 11.3 Å². The quantitative estimate of drug-likeness (QED) is 0.776. The normalized spacial score (nSPS) is 10.4. The van der Waals surface area contributed by atoms with Gasteiger partial charge in [-0.1, -0.05) is 0 Å². The lowest BCUT2D eigenvalue weighted by Gasteiger charge is -2.00. The van der Waals surface area contributed by atoms with Crippen molar-refractivity contribution < 1.29 is 0 Å². The van der Waals surface area contributed by atoms with Crippen molar-refractivity contribution in [3.05, 3.63) is 38.6 Å². The van der Waals surface area contributed by atoms with Gasteiger partial charge in [-0.05, 0) is 19.9 Å². The molecular weight excluding hydrogens is 196 g/mol. The van der Waals surface area contributed by atoms with Crippen LogP contribution in [0.2, 0.25) is 0 Å². The summed E-state index contributed by atoms with van der Waals surface area (Å²) in [4.78, 5) is 18.1. The first kappa shape index (κ1) is 9.15. The Kier molecular flexibility index (Phi) is 2.21. The first-order valence-corrected chi connectivity index (χ1v) is 5.17. The van der Waals surface area contributed by atoms with E-state index in [-0.39, 0.29) is 5.56 Å². The summed E-state index contributed by atoms with van der Waals surface area (Å²) in [5.74, 6) is 0. The van der Waals surface area contributed by atoms with Crippen LogP contribution in [0.5, 0.6) is 0 Å². The lowest BCUT2D eigenvalue weighted by molar-refractivity contribution is 1.14. The van der Waals surface area contributed by atoms with E-state index < -0.39 is 0 Å². The van der Waals surface area contributed by atoms with E-state index in [2.05, 4.69) is 9.97 Å². The van der Waals surface area contributed by atoms with Gasteiger partial charge in [-0.25, -0.2) is 4.98 Å². The highest BCUT2D eigenvalue weighted by atomic mass is 32.1. The van der Waals surface area contributed by atoms with E-state index in [1.807, 2.05) is 25.3 Å². The van der Waals surface area contributed by atoms with Crippen molar-refractivity contribution in [2.24, 2.45) is 0 Å². The number of thiazole rings is 1. The molecule has 0 saturated carbocycles. The fourth-order valence-electron chi connectivity index (χ4n) is 1.34. The Hall–Kier alpha value is -1.42. The first-order chi connectivity index (χ1) is 6.66. The van der Waals surface area contributed by atoms with Crippen LogP contribution in [-0.2, 0) is 0 Å². The summed E-state index contributed by atoms with van der Waals surface area (Å²) in [6.45, 7) is 3.85. The van der Waals surface area contributed by atoms with Crippen molar-refractivity contribution in [1.29, 1.82) is 0 Å². The Balaban J connectivity index is 2.57. The molecular formula is C10H10N2OS. The molecule has 0 fully saturated rings. The fraction of sp³-hybridized carbons (Fsp3) is 0.200. The maximum Gasteiger partial charge on any atom is 0.248 e. The van der Waals surface area contributed by atoms with Crippen molar-refractivity contribution in [1.82, 2.24) is 9.97 Å². The molecule has 0 atom stereocenters. The van der Waals surface area contributed by atoms with E-state index in [1.54, 1.807) is 11.3 Å². The number of hydrogen-bond acceptors (Lipinski definition) is 3. The van der Waals surface area contributed by atoms with Gasteiger partial charge in [0.15, 0.2) is 0 Å². The minimum absolute atomic E-state index is 0.0711. The van der Waals surface area contributed by atoms with Crippen LogP contribution in [0.15, 0.2) is 22.3 Å². The third kappa shape index (κ3) is 1.61. The molecule has 14 heavy (non-hydrogen) atoms. The molecule has 2 aromatic rings. The zero-order valence-corrected chi connectivity index (χ0v) is 8.81. The second-order valence-corrected chi connectivity index (χ2v) is 4.18. The van der Waals surface area contributed by atoms with Gasteiger partial charge >= 0.3 is 0 Å². The summed E-state index contributed by atoms with van der Waals surface area (Å²) in [7, 11) is 0. The zero-order chi connectivity index (χ0) is 10.1. The van der Waals surface area contributed by atoms with E-state index in [1.165, 1.54) is 6.07 Å². The highest BCUT2D eigenvalue weighted by Gasteiger charge is 2.05. The van der Waals surface area contributed by atoms with E-state index in [9.17, 15) is 4.79 Å². The Bertz CT molecular complexity index is 513. The van der Waals surface area contributed by atoms with Gasteiger partial charge in [0.2, 0.25) is 5.56 Å². The van der Waals surface area contributed by atoms with Crippen molar-refractivity contribution >= 4 is 11.3 Å². The highest BCUT2D eigenvalue weighted by molar-refractivity contribution is 7.09. The van der Waals surface area contributed by atoms with Crippen molar-refractivity contribution in [3.63, 3.8) is 0 Å². The first-order valence-electron chi connectivity index (χ1n) is 4.29. The van der Waals surface area contributed by atoms with Gasteiger partial charge in [0.25, 0.3) is 0 Å². The minimum atomic E-state index is -0.0711. The molecule has 2 aromatic heterocycles. The molecule has 1 N–H and O–H groups in total. The lowest BCUT2D eigenvalue weighted by Crippen LogP contribution is -2.05. The average molecular weight is 206 g/mol. The molecule has 3 nitrogen and oxygen atoms in total. The largest absolute Gasteiger partial charge is 0.326 e. The Labute approximate surface area is 85.5 Å². The summed E-state index contributed by atoms with van der Waals surface area (Å²) in [5.41, 5.74) is 2.72. The van der Waals surface area contributed by atoms with Crippen molar-refractivity contribution in [3.8, 4) is 11.3 Å². The van der Waals surface area contributed by atoms with Crippen molar-refractivity contribution in [2.45, 2.75) is 13.8 Å². The molecule has 2 heterocycles. The van der Waals surface area contributed by atoms with Crippen LogP contribution < -0.4 is 5.56 Å². The Morgan fingerprint density at radius 3 is 2.71 bits per heavy atom. The molecule has 0 bridgehead atoms. The van der Waals surface area contributed by atoms with Gasteiger partial charge in [0.05, 0.1) is 10.7 Å². The zero-order valence-electron chi connectivity index (χ0n) is 8.00. The van der Waals surface area contributed by atoms with Crippen molar-refractivity contribution in [2.75, 3.05) is 0 Å². The third-order valence-corrected chi connectivity index (χ3v) is 2.78. The molecule has 0 aliphatic heterocycles. The molecule has 0 spiro atoms. The third-order valence-electron chi connectivity index (χ3n) is 2.01. The molecule has 0 amide bonds. The maximum absolute atomic E-state index is 11.0. The molecule has 4 heteroatoms. The fourth-order valence-corrected chi connectivity index (χ4v) is 1.96. The molecule has 0 unspecified atom stereocenters. The Morgan fingerprint density at radius 1 is 1.36 bits per heavy atom. The maximum atomic E-state index is 11.0. The van der Waals surface area contributed by atoms with E-state index in [4.69, 9.17) is 0 Å². The lowest BCUT2D eigenvalue weighted by atomic mass is 10.1. The number of rotatable bonds is 1. The average Bonchev–Trinajstić information content (AvgIpc) is 2.51. The number of hydrogen-bond donors (Lipinski definition) is 1. The van der Waals surface area contributed by atoms with Gasteiger partial charge in [0.1, 0.15) is 0 Å². The standard InChI is InChI=1S/C10H10N2OS/c1-6-8(3-4-10(13)11-6)9-5-14-7(2)12-9/h3-5H,1-2H3,(H,11,13). The van der Waals surface area contributed by atoms with Gasteiger partial charge in [-0.3, -0.25) is 4.79 Å². The van der Waals surface area contributed by atoms with Crippen LogP contribution in [0.25, 0.3) is 11.3 Å². The number of aromatic nitrogens is 2. The predicted octanol–water partition coefficient (Wildman–Crippen LogP) is 2.12. The van der Waals surface area contributed by atoms with Gasteiger partial charge < -0.3 is 4.98 Å². The van der Waals surface area contributed by atoms with Crippen LogP contribution in [0.3, 0.4) is 0 Å². The second kappa shape index (κ2) is 3.38. The van der Waals surface area contributed by atoms with Crippen LogP contribution in [0.1, 0.15) is 10.7 Å². The highest BCUT2D eigenvalue weighted by Crippen LogP contribution is 2.22. The summed E-state index contributed by atoms with van der Waals surface area (Å²) < 4.78 is 0. The number of nitrogens with one attached hydrogen (secondary N) is 1. The monoisotopic (exact) mass is 206 g/mol. The predicted molar refractivity (Wildman–Crippen MR) is 57.6 cm³/mol. The van der Waals surface area contributed by atoms with E-state index >= 15 is 0 Å². The molecule has 72 valence electrons. The molecule has 0 aliphatic rings. The number of aromatic amines is 1. The molecule has 0 aliphatic carbocycles. The number of pyridine rings is 1. The SMILES string of the molecule is Cc1nc(-c2ccc(=O)[nH]c2C)cs1. The van der Waals surface area contributed by atoms with Crippen LogP contribution >= 0.6 is 11.3 Å². The molecule has 2 rings (SSSR count). The second-order valence-electron chi connectivity index (χ2n) is 3.11. The van der Waals surface area contributed by atoms with E-state index in [0.717, 1.165) is 22.0 Å². The van der Waals surface area contributed by atoms with Crippen LogP contribution in [-0.4, -0.2) is 9.97 Å². The minimum Gasteiger partial charge on any atom is -0.326 e. The number of H-pyrrole nitrogens is 1. The summed E-state index contributed by atoms with van der Waals surface area (Å²) in [5, 5.41) is 3.03. The topological polar surface area (TPSA) is 45.8 Å². The van der Waals surface area contributed by atoms with Gasteiger partial charge in [-0.2, -0.15) is 0 Å². The van der Waals surface area contributed by atoms with E-state index in [0.29, 0.717) is 0 Å². The molecule has 0 saturated heterocycles. The van der Waals surface area contributed by atoms with Crippen LogP contribution in [0, 0.1) is 13.8 Å².